The highest BCUT2D eigenvalue weighted by atomic mass is 16.5. The molecule has 0 aromatic heterocycles. The zero-order valence-electron chi connectivity index (χ0n) is 20.2. The number of carbonyl (C=O) groups excluding carboxylic acids is 1. The molecule has 0 N–H and O–H groups in total. The molecular weight excluding hydrogens is 332 g/mol. The van der Waals surface area contributed by atoms with Crippen molar-refractivity contribution in [3.05, 3.63) is 0 Å². The van der Waals surface area contributed by atoms with Gasteiger partial charge in [0.2, 0.25) is 0 Å². The van der Waals surface area contributed by atoms with Crippen LogP contribution in [0.2, 0.25) is 0 Å². The minimum atomic E-state index is -0.380. The van der Waals surface area contributed by atoms with Crippen LogP contribution in [0.5, 0.6) is 0 Å². The van der Waals surface area contributed by atoms with Gasteiger partial charge >= 0.3 is 5.97 Å². The van der Waals surface area contributed by atoms with Gasteiger partial charge in [0, 0.05) is 0 Å². The Balaban J connectivity index is 3.03. The average Bonchev–Trinajstić information content (AvgIpc) is 2.51. The Hall–Kier alpha value is -0.530. The third-order valence-electron chi connectivity index (χ3n) is 7.39. The highest BCUT2D eigenvalue weighted by molar-refractivity contribution is 5.77. The van der Waals surface area contributed by atoms with Crippen molar-refractivity contribution in [2.75, 3.05) is 0 Å². The molecule has 160 valence electrons. The van der Waals surface area contributed by atoms with Gasteiger partial charge in [0.1, 0.15) is 6.10 Å². The quantitative estimate of drug-likeness (QED) is 0.446. The van der Waals surface area contributed by atoms with E-state index in [0.717, 1.165) is 25.7 Å². The van der Waals surface area contributed by atoms with E-state index in [9.17, 15) is 4.79 Å². The lowest BCUT2D eigenvalue weighted by molar-refractivity contribution is -0.170. The fourth-order valence-electron chi connectivity index (χ4n) is 4.85. The number of carbonyl (C=O) groups is 1. The van der Waals surface area contributed by atoms with E-state index in [-0.39, 0.29) is 28.3 Å². The molecule has 0 amide bonds. The van der Waals surface area contributed by atoms with E-state index in [2.05, 4.69) is 76.2 Å². The van der Waals surface area contributed by atoms with E-state index in [1.165, 1.54) is 6.42 Å². The highest BCUT2D eigenvalue weighted by Crippen LogP contribution is 2.48. The van der Waals surface area contributed by atoms with Crippen molar-refractivity contribution in [3.8, 4) is 0 Å². The highest BCUT2D eigenvalue weighted by Gasteiger charge is 2.44. The number of ether oxygens (including phenoxy) is 1. The van der Waals surface area contributed by atoms with Crippen molar-refractivity contribution in [1.29, 1.82) is 0 Å². The summed E-state index contributed by atoms with van der Waals surface area (Å²) in [7, 11) is 0. The molecule has 1 fully saturated rings. The molecule has 1 aliphatic carbocycles. The molecule has 0 radical (unpaired) electrons. The topological polar surface area (TPSA) is 26.3 Å². The zero-order valence-corrected chi connectivity index (χ0v) is 20.2. The summed E-state index contributed by atoms with van der Waals surface area (Å²) in [6.07, 6.45) is 5.25. The minimum Gasteiger partial charge on any atom is -0.462 e. The zero-order chi connectivity index (χ0) is 21.2. The van der Waals surface area contributed by atoms with E-state index < -0.39 is 0 Å². The SMILES string of the molecule is CCC(C)C(C)(CC(C)C)C(=O)OC1CC(C(C)(C)C)CC(C(C)(C)C)C1. The van der Waals surface area contributed by atoms with Gasteiger partial charge in [-0.2, -0.15) is 0 Å². The van der Waals surface area contributed by atoms with Crippen molar-refractivity contribution < 1.29 is 9.53 Å². The van der Waals surface area contributed by atoms with Gasteiger partial charge in [0.15, 0.2) is 0 Å². The first-order chi connectivity index (χ1) is 12.1. The van der Waals surface area contributed by atoms with Gasteiger partial charge in [-0.1, -0.05) is 75.7 Å². The monoisotopic (exact) mass is 380 g/mol. The molecule has 2 nitrogen and oxygen atoms in total. The van der Waals surface area contributed by atoms with Gasteiger partial charge in [-0.25, -0.2) is 0 Å². The molecule has 0 spiro atoms. The van der Waals surface area contributed by atoms with Crippen LogP contribution in [0.15, 0.2) is 0 Å². The molecule has 4 unspecified atom stereocenters. The number of rotatable bonds is 6. The van der Waals surface area contributed by atoms with Crippen LogP contribution in [0.1, 0.15) is 108 Å². The summed E-state index contributed by atoms with van der Waals surface area (Å²) in [6.45, 7) is 25.0. The molecule has 27 heavy (non-hydrogen) atoms. The van der Waals surface area contributed by atoms with Crippen molar-refractivity contribution in [2.45, 2.75) is 114 Å². The first kappa shape index (κ1) is 24.5. The second kappa shape index (κ2) is 8.87. The van der Waals surface area contributed by atoms with Crippen molar-refractivity contribution >= 4 is 5.97 Å². The summed E-state index contributed by atoms with van der Waals surface area (Å²) in [5, 5.41) is 0. The Bertz CT molecular complexity index is 458. The van der Waals surface area contributed by atoms with Crippen LogP contribution in [-0.4, -0.2) is 12.1 Å². The maximum atomic E-state index is 13.4. The van der Waals surface area contributed by atoms with Crippen LogP contribution >= 0.6 is 0 Å². The van der Waals surface area contributed by atoms with Crippen LogP contribution in [0, 0.1) is 39.9 Å². The van der Waals surface area contributed by atoms with Gasteiger partial charge in [-0.15, -0.1) is 0 Å². The van der Waals surface area contributed by atoms with Crippen LogP contribution < -0.4 is 0 Å². The Morgan fingerprint density at radius 3 is 1.67 bits per heavy atom. The third-order valence-corrected chi connectivity index (χ3v) is 7.39. The Labute approximate surface area is 170 Å². The second-order valence-electron chi connectivity index (χ2n) is 12.2. The van der Waals surface area contributed by atoms with Crippen molar-refractivity contribution in [3.63, 3.8) is 0 Å². The van der Waals surface area contributed by atoms with Gasteiger partial charge in [-0.3, -0.25) is 4.79 Å². The van der Waals surface area contributed by atoms with Crippen LogP contribution in [-0.2, 0) is 9.53 Å². The molecule has 0 heterocycles. The van der Waals surface area contributed by atoms with E-state index in [4.69, 9.17) is 4.74 Å². The summed E-state index contributed by atoms with van der Waals surface area (Å²) < 4.78 is 6.29. The summed E-state index contributed by atoms with van der Waals surface area (Å²) in [6, 6.07) is 0. The first-order valence-corrected chi connectivity index (χ1v) is 11.3. The van der Waals surface area contributed by atoms with Gasteiger partial charge in [0.25, 0.3) is 0 Å². The van der Waals surface area contributed by atoms with E-state index >= 15 is 0 Å². The fraction of sp³-hybridized carbons (Fsp3) is 0.960. The Morgan fingerprint density at radius 2 is 1.33 bits per heavy atom. The molecular formula is C25H48O2. The molecule has 2 heteroatoms. The van der Waals surface area contributed by atoms with Crippen molar-refractivity contribution in [1.82, 2.24) is 0 Å². The molecule has 4 atom stereocenters. The van der Waals surface area contributed by atoms with E-state index in [0.29, 0.717) is 23.7 Å². The molecule has 0 aromatic rings. The maximum Gasteiger partial charge on any atom is 0.312 e. The summed E-state index contributed by atoms with van der Waals surface area (Å²) >= 11 is 0. The minimum absolute atomic E-state index is 0.0396. The number of hydrogen-bond acceptors (Lipinski definition) is 2. The molecule has 0 aromatic carbocycles. The average molecular weight is 381 g/mol. The van der Waals surface area contributed by atoms with Crippen LogP contribution in [0.3, 0.4) is 0 Å². The second-order valence-corrected chi connectivity index (χ2v) is 12.2. The first-order valence-electron chi connectivity index (χ1n) is 11.3. The predicted octanol–water partition coefficient (Wildman–Crippen LogP) is 7.51. The van der Waals surface area contributed by atoms with E-state index in [1.54, 1.807) is 0 Å². The lowest BCUT2D eigenvalue weighted by Crippen LogP contribution is -2.43. The van der Waals surface area contributed by atoms with Gasteiger partial charge < -0.3 is 4.74 Å². The lowest BCUT2D eigenvalue weighted by Gasteiger charge is -2.46. The number of esters is 1. The molecule has 1 saturated carbocycles. The molecule has 1 rings (SSSR count). The molecule has 0 aliphatic heterocycles. The Morgan fingerprint density at radius 1 is 0.889 bits per heavy atom. The maximum absolute atomic E-state index is 13.4. The fourth-order valence-corrected chi connectivity index (χ4v) is 4.85. The summed E-state index contributed by atoms with van der Waals surface area (Å²) in [4.78, 5) is 13.4. The van der Waals surface area contributed by atoms with Crippen LogP contribution in [0.4, 0.5) is 0 Å². The van der Waals surface area contributed by atoms with Crippen molar-refractivity contribution in [2.24, 2.45) is 39.9 Å². The Kier molecular flexibility index (Phi) is 8.05. The summed E-state index contributed by atoms with van der Waals surface area (Å²) in [5.41, 5.74) is 0.133. The van der Waals surface area contributed by atoms with Gasteiger partial charge in [-0.05, 0) is 67.1 Å². The normalized spacial score (nSPS) is 27.9. The molecule has 1 aliphatic rings. The smallest absolute Gasteiger partial charge is 0.312 e. The summed E-state index contributed by atoms with van der Waals surface area (Å²) in [5.74, 6) is 2.08. The molecule has 0 bridgehead atoms. The third kappa shape index (κ3) is 6.50. The van der Waals surface area contributed by atoms with Crippen LogP contribution in [0.25, 0.3) is 0 Å². The lowest BCUT2D eigenvalue weighted by atomic mass is 9.62. The molecule has 0 saturated heterocycles. The standard InChI is InChI=1S/C25H48O2/c1-12-18(4)25(11,16-17(2)3)22(26)27-21-14-19(23(5,6)7)13-20(15-21)24(8,9)10/h17-21H,12-16H2,1-11H3. The van der Waals surface area contributed by atoms with E-state index in [1.807, 2.05) is 0 Å². The largest absolute Gasteiger partial charge is 0.462 e. The number of hydrogen-bond donors (Lipinski definition) is 0. The van der Waals surface area contributed by atoms with Gasteiger partial charge in [0.05, 0.1) is 5.41 Å². The predicted molar refractivity (Wildman–Crippen MR) is 117 cm³/mol.